The minimum absolute atomic E-state index is 0.0853. The molecule has 0 aromatic heterocycles. The van der Waals surface area contributed by atoms with Crippen molar-refractivity contribution >= 4 is 17.8 Å². The number of hydrogen-bond donors (Lipinski definition) is 1. The quantitative estimate of drug-likeness (QED) is 0.321. The minimum atomic E-state index is -0.482. The summed E-state index contributed by atoms with van der Waals surface area (Å²) in [5.41, 5.74) is 3.59. The van der Waals surface area contributed by atoms with Crippen LogP contribution in [-0.4, -0.2) is 24.2 Å². The van der Waals surface area contributed by atoms with Crippen molar-refractivity contribution in [2.75, 3.05) is 14.2 Å². The van der Waals surface area contributed by atoms with Gasteiger partial charge in [0.1, 0.15) is 11.5 Å². The van der Waals surface area contributed by atoms with Crippen molar-refractivity contribution in [3.8, 4) is 17.2 Å². The predicted octanol–water partition coefficient (Wildman–Crippen LogP) is 5.00. The zero-order valence-electron chi connectivity index (χ0n) is 15.9. The Morgan fingerprint density at radius 3 is 2.41 bits per heavy atom. The molecule has 0 bridgehead atoms. The SMILES string of the molecule is COc1cc(C=Cc2cc(O)cc(OC)c2CC=C(C)C)ccc1[N+](=O)[O-]. The molecular weight excluding hydrogens is 346 g/mol. The summed E-state index contributed by atoms with van der Waals surface area (Å²) in [7, 11) is 2.96. The van der Waals surface area contributed by atoms with E-state index in [1.54, 1.807) is 31.4 Å². The molecule has 1 N–H and O–H groups in total. The maximum Gasteiger partial charge on any atom is 0.310 e. The number of nitro groups is 1. The van der Waals surface area contributed by atoms with Crippen LogP contribution in [0.25, 0.3) is 12.2 Å². The highest BCUT2D eigenvalue weighted by atomic mass is 16.6. The van der Waals surface area contributed by atoms with Crippen LogP contribution in [0, 0.1) is 10.1 Å². The topological polar surface area (TPSA) is 81.8 Å². The highest BCUT2D eigenvalue weighted by molar-refractivity contribution is 5.74. The molecule has 6 heteroatoms. The number of hydrogen-bond acceptors (Lipinski definition) is 5. The van der Waals surface area contributed by atoms with Gasteiger partial charge in [0.15, 0.2) is 5.75 Å². The number of rotatable bonds is 7. The maximum absolute atomic E-state index is 11.0. The van der Waals surface area contributed by atoms with Gasteiger partial charge in [-0.1, -0.05) is 23.8 Å². The molecule has 0 radical (unpaired) electrons. The van der Waals surface area contributed by atoms with Crippen LogP contribution in [0.2, 0.25) is 0 Å². The van der Waals surface area contributed by atoms with E-state index in [0.717, 1.165) is 16.7 Å². The van der Waals surface area contributed by atoms with Crippen LogP contribution in [0.15, 0.2) is 42.0 Å². The standard InChI is InChI=1S/C21H23NO5/c1-14(2)5-9-18-16(12-17(23)13-20(18)26-3)8-6-15-7-10-19(22(24)25)21(11-15)27-4/h5-8,10-13,23H,9H2,1-4H3. The van der Waals surface area contributed by atoms with Crippen LogP contribution < -0.4 is 9.47 Å². The van der Waals surface area contributed by atoms with E-state index in [9.17, 15) is 15.2 Å². The second-order valence-corrected chi connectivity index (χ2v) is 6.22. The van der Waals surface area contributed by atoms with E-state index >= 15 is 0 Å². The summed E-state index contributed by atoms with van der Waals surface area (Å²) in [5.74, 6) is 0.905. The first-order chi connectivity index (χ1) is 12.8. The number of allylic oxidation sites excluding steroid dienone is 2. The van der Waals surface area contributed by atoms with Crippen LogP contribution in [-0.2, 0) is 6.42 Å². The van der Waals surface area contributed by atoms with Crippen molar-refractivity contribution in [3.05, 3.63) is 68.8 Å². The molecule has 0 amide bonds. The van der Waals surface area contributed by atoms with Crippen LogP contribution in [0.1, 0.15) is 30.5 Å². The van der Waals surface area contributed by atoms with Crippen molar-refractivity contribution < 1.29 is 19.5 Å². The fourth-order valence-electron chi connectivity index (χ4n) is 2.64. The Labute approximate surface area is 158 Å². The number of benzene rings is 2. The molecule has 2 rings (SSSR count). The zero-order valence-corrected chi connectivity index (χ0v) is 15.9. The smallest absolute Gasteiger partial charge is 0.310 e. The van der Waals surface area contributed by atoms with Crippen molar-refractivity contribution in [2.24, 2.45) is 0 Å². The molecule has 27 heavy (non-hydrogen) atoms. The first-order valence-corrected chi connectivity index (χ1v) is 8.39. The van der Waals surface area contributed by atoms with Crippen molar-refractivity contribution in [1.82, 2.24) is 0 Å². The molecule has 0 aliphatic heterocycles. The van der Waals surface area contributed by atoms with Crippen LogP contribution in [0.3, 0.4) is 0 Å². The molecule has 6 nitrogen and oxygen atoms in total. The summed E-state index contributed by atoms with van der Waals surface area (Å²) in [5, 5.41) is 21.0. The lowest BCUT2D eigenvalue weighted by Gasteiger charge is -2.12. The van der Waals surface area contributed by atoms with Gasteiger partial charge in [0, 0.05) is 17.7 Å². The fourth-order valence-corrected chi connectivity index (χ4v) is 2.64. The third-order valence-electron chi connectivity index (χ3n) is 4.02. The van der Waals surface area contributed by atoms with Crippen LogP contribution in [0.5, 0.6) is 17.2 Å². The van der Waals surface area contributed by atoms with Crippen molar-refractivity contribution in [3.63, 3.8) is 0 Å². The van der Waals surface area contributed by atoms with Gasteiger partial charge in [0.25, 0.3) is 0 Å². The van der Waals surface area contributed by atoms with Crippen molar-refractivity contribution in [1.29, 1.82) is 0 Å². The molecule has 0 atom stereocenters. The largest absolute Gasteiger partial charge is 0.508 e. The number of methoxy groups -OCH3 is 2. The zero-order chi connectivity index (χ0) is 20.0. The summed E-state index contributed by atoms with van der Waals surface area (Å²) < 4.78 is 10.5. The van der Waals surface area contributed by atoms with Gasteiger partial charge in [-0.15, -0.1) is 0 Å². The molecule has 0 unspecified atom stereocenters. The Morgan fingerprint density at radius 2 is 1.81 bits per heavy atom. The summed E-state index contributed by atoms with van der Waals surface area (Å²) in [4.78, 5) is 10.5. The number of aromatic hydroxyl groups is 1. The first kappa shape index (κ1) is 20.0. The highest BCUT2D eigenvalue weighted by Gasteiger charge is 2.14. The summed E-state index contributed by atoms with van der Waals surface area (Å²) in [6.45, 7) is 4.04. The summed E-state index contributed by atoms with van der Waals surface area (Å²) in [6, 6.07) is 7.90. The number of nitrogens with zero attached hydrogens (tertiary/aromatic N) is 1. The van der Waals surface area contributed by atoms with Gasteiger partial charge in [-0.3, -0.25) is 10.1 Å². The molecule has 0 heterocycles. The van der Waals surface area contributed by atoms with E-state index in [4.69, 9.17) is 9.47 Å². The molecule has 0 saturated carbocycles. The second-order valence-electron chi connectivity index (χ2n) is 6.22. The lowest BCUT2D eigenvalue weighted by molar-refractivity contribution is -0.385. The lowest BCUT2D eigenvalue weighted by atomic mass is 10.00. The van der Waals surface area contributed by atoms with E-state index in [0.29, 0.717) is 12.2 Å². The minimum Gasteiger partial charge on any atom is -0.508 e. The van der Waals surface area contributed by atoms with E-state index in [1.807, 2.05) is 26.0 Å². The number of phenols is 1. The third kappa shape index (κ3) is 5.10. The average molecular weight is 369 g/mol. The number of nitro benzene ring substituents is 1. The van der Waals surface area contributed by atoms with E-state index in [-0.39, 0.29) is 17.2 Å². The number of ether oxygens (including phenoxy) is 2. The molecule has 2 aromatic carbocycles. The Bertz CT molecular complexity index is 896. The Hall–Kier alpha value is -3.28. The maximum atomic E-state index is 11.0. The first-order valence-electron chi connectivity index (χ1n) is 8.39. The highest BCUT2D eigenvalue weighted by Crippen LogP contribution is 2.32. The van der Waals surface area contributed by atoms with Crippen LogP contribution in [0.4, 0.5) is 5.69 Å². The Kier molecular flexibility index (Phi) is 6.60. The number of phenolic OH excluding ortho intramolecular Hbond substituents is 1. The monoisotopic (exact) mass is 369 g/mol. The van der Waals surface area contributed by atoms with Crippen molar-refractivity contribution in [2.45, 2.75) is 20.3 Å². The Morgan fingerprint density at radius 1 is 1.11 bits per heavy atom. The predicted molar refractivity (Wildman–Crippen MR) is 106 cm³/mol. The fraction of sp³-hybridized carbons (Fsp3) is 0.238. The summed E-state index contributed by atoms with van der Waals surface area (Å²) in [6.07, 6.45) is 6.40. The van der Waals surface area contributed by atoms with Gasteiger partial charge in [0.2, 0.25) is 0 Å². The lowest BCUT2D eigenvalue weighted by Crippen LogP contribution is -1.95. The molecule has 0 aliphatic carbocycles. The van der Waals surface area contributed by atoms with Gasteiger partial charge < -0.3 is 14.6 Å². The van der Waals surface area contributed by atoms with Gasteiger partial charge in [-0.25, -0.2) is 0 Å². The van der Waals surface area contributed by atoms with E-state index in [1.165, 1.54) is 18.7 Å². The second kappa shape index (κ2) is 8.89. The normalized spacial score (nSPS) is 10.7. The van der Waals surface area contributed by atoms with E-state index in [2.05, 4.69) is 6.08 Å². The third-order valence-corrected chi connectivity index (χ3v) is 4.02. The Balaban J connectivity index is 2.45. The molecule has 2 aromatic rings. The molecule has 0 saturated heterocycles. The molecule has 0 spiro atoms. The van der Waals surface area contributed by atoms with Gasteiger partial charge in [-0.05, 0) is 49.6 Å². The molecule has 0 fully saturated rings. The van der Waals surface area contributed by atoms with E-state index < -0.39 is 4.92 Å². The van der Waals surface area contributed by atoms with Gasteiger partial charge in [-0.2, -0.15) is 0 Å². The van der Waals surface area contributed by atoms with Crippen LogP contribution >= 0.6 is 0 Å². The van der Waals surface area contributed by atoms with Gasteiger partial charge in [0.05, 0.1) is 19.1 Å². The average Bonchev–Trinajstić information content (AvgIpc) is 2.64. The molecule has 0 aliphatic rings. The molecule has 142 valence electrons. The van der Waals surface area contributed by atoms with Gasteiger partial charge >= 0.3 is 5.69 Å². The summed E-state index contributed by atoms with van der Waals surface area (Å²) >= 11 is 0. The molecular formula is C21H23NO5.